The van der Waals surface area contributed by atoms with Crippen molar-refractivity contribution in [3.63, 3.8) is 0 Å². The van der Waals surface area contributed by atoms with Crippen molar-refractivity contribution in [2.45, 2.75) is 26.2 Å². The third-order valence-electron chi connectivity index (χ3n) is 3.37. The van der Waals surface area contributed by atoms with Crippen LogP contribution in [0.15, 0.2) is 48.5 Å². The highest BCUT2D eigenvalue weighted by Gasteiger charge is 2.13. The second kappa shape index (κ2) is 6.97. The Bertz CT molecular complexity index is 722. The van der Waals surface area contributed by atoms with Gasteiger partial charge in [0.15, 0.2) is 6.61 Å². The van der Waals surface area contributed by atoms with Gasteiger partial charge in [0, 0.05) is 5.69 Å². The Hall–Kier alpha value is -2.80. The van der Waals surface area contributed by atoms with Gasteiger partial charge in [0.1, 0.15) is 5.75 Å². The number of hydrogen-bond acceptors (Lipinski definition) is 3. The zero-order chi connectivity index (χ0) is 16.9. The van der Waals surface area contributed by atoms with Gasteiger partial charge in [0.2, 0.25) is 0 Å². The number of anilines is 1. The van der Waals surface area contributed by atoms with Gasteiger partial charge >= 0.3 is 0 Å². The van der Waals surface area contributed by atoms with Crippen LogP contribution >= 0.6 is 0 Å². The molecule has 118 valence electrons. The maximum atomic E-state index is 11.9. The molecule has 1 N–H and O–H groups in total. The number of hydrogen-bond donors (Lipinski definition) is 1. The highest BCUT2D eigenvalue weighted by molar-refractivity contribution is 5.91. The zero-order valence-corrected chi connectivity index (χ0v) is 13.6. The molecule has 0 atom stereocenters. The number of carbonyl (C=O) groups is 1. The SMILES string of the molecule is CC(C)(C)c1ccc(NC(=O)COc2cccc(C#N)c2)cc1. The fourth-order valence-electron chi connectivity index (χ4n) is 2.05. The summed E-state index contributed by atoms with van der Waals surface area (Å²) in [6.45, 7) is 6.33. The number of rotatable bonds is 4. The molecule has 4 heteroatoms. The maximum absolute atomic E-state index is 11.9. The number of nitrogens with zero attached hydrogens (tertiary/aromatic N) is 1. The van der Waals surface area contributed by atoms with Crippen molar-refractivity contribution in [3.8, 4) is 11.8 Å². The average Bonchev–Trinajstić information content (AvgIpc) is 2.53. The van der Waals surface area contributed by atoms with Crippen molar-refractivity contribution in [1.29, 1.82) is 5.26 Å². The van der Waals surface area contributed by atoms with E-state index in [-0.39, 0.29) is 17.9 Å². The minimum absolute atomic E-state index is 0.0808. The molecule has 0 aliphatic carbocycles. The second-order valence-corrected chi connectivity index (χ2v) is 6.30. The van der Waals surface area contributed by atoms with Gasteiger partial charge in [-0.05, 0) is 41.3 Å². The van der Waals surface area contributed by atoms with Crippen LogP contribution in [0.3, 0.4) is 0 Å². The molecule has 0 fully saturated rings. The van der Waals surface area contributed by atoms with Gasteiger partial charge in [-0.2, -0.15) is 5.26 Å². The van der Waals surface area contributed by atoms with Crippen molar-refractivity contribution in [2.75, 3.05) is 11.9 Å². The van der Waals surface area contributed by atoms with Crippen LogP contribution in [0.2, 0.25) is 0 Å². The molecular formula is C19H20N2O2. The smallest absolute Gasteiger partial charge is 0.262 e. The molecule has 0 heterocycles. The Morgan fingerprint density at radius 2 is 1.87 bits per heavy atom. The summed E-state index contributed by atoms with van der Waals surface area (Å²) < 4.78 is 5.40. The summed E-state index contributed by atoms with van der Waals surface area (Å²) >= 11 is 0. The van der Waals surface area contributed by atoms with Crippen LogP contribution in [-0.4, -0.2) is 12.5 Å². The molecule has 0 spiro atoms. The van der Waals surface area contributed by atoms with E-state index in [1.165, 1.54) is 5.56 Å². The summed E-state index contributed by atoms with van der Waals surface area (Å²) in [5, 5.41) is 11.6. The van der Waals surface area contributed by atoms with Crippen molar-refractivity contribution >= 4 is 11.6 Å². The molecule has 0 bridgehead atoms. The molecule has 0 aliphatic heterocycles. The summed E-state index contributed by atoms with van der Waals surface area (Å²) in [7, 11) is 0. The van der Waals surface area contributed by atoms with Crippen LogP contribution in [0.5, 0.6) is 5.75 Å². The van der Waals surface area contributed by atoms with E-state index in [0.717, 1.165) is 5.69 Å². The number of nitriles is 1. The molecule has 0 aliphatic rings. The van der Waals surface area contributed by atoms with Crippen molar-refractivity contribution in [3.05, 3.63) is 59.7 Å². The fraction of sp³-hybridized carbons (Fsp3) is 0.263. The molecule has 0 saturated carbocycles. The third kappa shape index (κ3) is 4.86. The van der Waals surface area contributed by atoms with Crippen LogP contribution in [0.4, 0.5) is 5.69 Å². The fourth-order valence-corrected chi connectivity index (χ4v) is 2.05. The number of amides is 1. The summed E-state index contributed by atoms with van der Waals surface area (Å²) in [5.74, 6) is 0.262. The van der Waals surface area contributed by atoms with Gasteiger partial charge in [0.05, 0.1) is 11.6 Å². The number of benzene rings is 2. The molecule has 0 aromatic heterocycles. The van der Waals surface area contributed by atoms with Gasteiger partial charge in [-0.25, -0.2) is 0 Å². The molecular weight excluding hydrogens is 288 g/mol. The van der Waals surface area contributed by atoms with E-state index in [1.54, 1.807) is 24.3 Å². The lowest BCUT2D eigenvalue weighted by Gasteiger charge is -2.19. The summed E-state index contributed by atoms with van der Waals surface area (Å²) in [6.07, 6.45) is 0. The Morgan fingerprint density at radius 1 is 1.17 bits per heavy atom. The van der Waals surface area contributed by atoms with Crippen LogP contribution in [0.1, 0.15) is 31.9 Å². The summed E-state index contributed by atoms with van der Waals surface area (Å²) in [5.41, 5.74) is 2.52. The van der Waals surface area contributed by atoms with Crippen molar-refractivity contribution in [1.82, 2.24) is 0 Å². The molecule has 2 rings (SSSR count). The van der Waals surface area contributed by atoms with Gasteiger partial charge in [0.25, 0.3) is 5.91 Å². The van der Waals surface area contributed by atoms with E-state index in [2.05, 4.69) is 26.1 Å². The lowest BCUT2D eigenvalue weighted by atomic mass is 9.87. The molecule has 23 heavy (non-hydrogen) atoms. The molecule has 2 aromatic carbocycles. The molecule has 2 aromatic rings. The predicted octanol–water partition coefficient (Wildman–Crippen LogP) is 3.87. The minimum Gasteiger partial charge on any atom is -0.484 e. The van der Waals surface area contributed by atoms with E-state index in [1.807, 2.05) is 30.3 Å². The van der Waals surface area contributed by atoms with E-state index in [4.69, 9.17) is 10.00 Å². The molecule has 0 unspecified atom stereocenters. The van der Waals surface area contributed by atoms with Crippen molar-refractivity contribution < 1.29 is 9.53 Å². The Labute approximate surface area is 136 Å². The number of ether oxygens (including phenoxy) is 1. The Balaban J connectivity index is 1.91. The van der Waals surface area contributed by atoms with E-state index < -0.39 is 0 Å². The van der Waals surface area contributed by atoms with Crippen LogP contribution in [0.25, 0.3) is 0 Å². The number of carbonyl (C=O) groups excluding carboxylic acids is 1. The van der Waals surface area contributed by atoms with Crippen LogP contribution in [-0.2, 0) is 10.2 Å². The highest BCUT2D eigenvalue weighted by atomic mass is 16.5. The monoisotopic (exact) mass is 308 g/mol. The molecule has 4 nitrogen and oxygen atoms in total. The number of nitrogens with one attached hydrogen (secondary N) is 1. The topological polar surface area (TPSA) is 62.1 Å². The minimum atomic E-state index is -0.240. The van der Waals surface area contributed by atoms with Gasteiger partial charge in [-0.15, -0.1) is 0 Å². The zero-order valence-electron chi connectivity index (χ0n) is 13.6. The normalized spacial score (nSPS) is 10.7. The van der Waals surface area contributed by atoms with Gasteiger partial charge in [-0.3, -0.25) is 4.79 Å². The summed E-state index contributed by atoms with van der Waals surface area (Å²) in [6, 6.07) is 16.5. The second-order valence-electron chi connectivity index (χ2n) is 6.30. The Morgan fingerprint density at radius 3 is 2.48 bits per heavy atom. The van der Waals surface area contributed by atoms with Gasteiger partial charge < -0.3 is 10.1 Å². The van der Waals surface area contributed by atoms with Gasteiger partial charge in [-0.1, -0.05) is 39.0 Å². The first-order valence-electron chi connectivity index (χ1n) is 7.42. The average molecular weight is 308 g/mol. The summed E-state index contributed by atoms with van der Waals surface area (Å²) in [4.78, 5) is 11.9. The van der Waals surface area contributed by atoms with Crippen molar-refractivity contribution in [2.24, 2.45) is 0 Å². The van der Waals surface area contributed by atoms with E-state index in [0.29, 0.717) is 11.3 Å². The van der Waals surface area contributed by atoms with Crippen LogP contribution in [0, 0.1) is 11.3 Å². The van der Waals surface area contributed by atoms with E-state index in [9.17, 15) is 4.79 Å². The quantitative estimate of drug-likeness (QED) is 0.932. The van der Waals surface area contributed by atoms with Crippen LogP contribution < -0.4 is 10.1 Å². The molecule has 0 radical (unpaired) electrons. The first-order chi connectivity index (χ1) is 10.9. The lowest BCUT2D eigenvalue weighted by Crippen LogP contribution is -2.20. The Kier molecular flexibility index (Phi) is 5.02. The lowest BCUT2D eigenvalue weighted by molar-refractivity contribution is -0.118. The first kappa shape index (κ1) is 16.6. The first-order valence-corrected chi connectivity index (χ1v) is 7.42. The maximum Gasteiger partial charge on any atom is 0.262 e. The molecule has 0 saturated heterocycles. The van der Waals surface area contributed by atoms with E-state index >= 15 is 0 Å². The highest BCUT2D eigenvalue weighted by Crippen LogP contribution is 2.23. The third-order valence-corrected chi connectivity index (χ3v) is 3.37. The largest absolute Gasteiger partial charge is 0.484 e. The predicted molar refractivity (Wildman–Crippen MR) is 90.4 cm³/mol. The standard InChI is InChI=1S/C19H20N2O2/c1-19(2,3)15-7-9-16(10-8-15)21-18(22)13-23-17-6-4-5-14(11-17)12-20/h4-11H,13H2,1-3H3,(H,21,22). The molecule has 1 amide bonds.